The Morgan fingerprint density at radius 3 is 2.79 bits per heavy atom. The zero-order valence-corrected chi connectivity index (χ0v) is 10.5. The Bertz CT molecular complexity index is 465. The highest BCUT2D eigenvalue weighted by Crippen LogP contribution is 2.30. The number of amides is 1. The molecular weight excluding hydrogens is 252 g/mol. The first-order valence-corrected chi connectivity index (χ1v) is 6.46. The molecule has 5 heteroatoms. The minimum Gasteiger partial charge on any atom is -0.396 e. The molecule has 2 rings (SSSR count). The van der Waals surface area contributed by atoms with Crippen LogP contribution in [0, 0.1) is 23.5 Å². The minimum absolute atomic E-state index is 0.106. The zero-order chi connectivity index (χ0) is 13.8. The molecule has 0 aromatic heterocycles. The molecule has 0 bridgehead atoms. The van der Waals surface area contributed by atoms with Gasteiger partial charge < -0.3 is 10.4 Å². The fourth-order valence-corrected chi connectivity index (χ4v) is 2.62. The molecule has 2 N–H and O–H groups in total. The van der Waals surface area contributed by atoms with Gasteiger partial charge in [-0.3, -0.25) is 4.79 Å². The van der Waals surface area contributed by atoms with Gasteiger partial charge in [-0.05, 0) is 36.8 Å². The standard InChI is InChI=1S/C14H17F2NO2/c15-12-6-2-5-11(13(12)16)14(19)17-7-9-3-1-4-10(9)8-18/h2,5-6,9-10,18H,1,3-4,7-8H2,(H,17,19). The molecule has 1 aromatic carbocycles. The number of aliphatic hydroxyl groups excluding tert-OH is 1. The van der Waals surface area contributed by atoms with Gasteiger partial charge in [0, 0.05) is 13.2 Å². The molecule has 0 spiro atoms. The highest BCUT2D eigenvalue weighted by atomic mass is 19.2. The highest BCUT2D eigenvalue weighted by Gasteiger charge is 2.27. The lowest BCUT2D eigenvalue weighted by Gasteiger charge is -2.17. The van der Waals surface area contributed by atoms with E-state index in [0.717, 1.165) is 25.3 Å². The fourth-order valence-electron chi connectivity index (χ4n) is 2.62. The van der Waals surface area contributed by atoms with E-state index in [1.54, 1.807) is 0 Å². The number of hydrogen-bond acceptors (Lipinski definition) is 2. The number of benzene rings is 1. The molecule has 1 aliphatic rings. The number of aliphatic hydroxyl groups is 1. The van der Waals surface area contributed by atoms with E-state index in [-0.39, 0.29) is 24.0 Å². The zero-order valence-electron chi connectivity index (χ0n) is 10.5. The molecular formula is C14H17F2NO2. The second kappa shape index (κ2) is 6.10. The minimum atomic E-state index is -1.12. The van der Waals surface area contributed by atoms with E-state index in [0.29, 0.717) is 6.54 Å². The van der Waals surface area contributed by atoms with Crippen molar-refractivity contribution in [2.75, 3.05) is 13.2 Å². The van der Waals surface area contributed by atoms with Crippen molar-refractivity contribution in [2.45, 2.75) is 19.3 Å². The first kappa shape index (κ1) is 13.9. The molecule has 1 aliphatic carbocycles. The van der Waals surface area contributed by atoms with E-state index in [9.17, 15) is 18.7 Å². The normalized spacial score (nSPS) is 22.5. The second-order valence-electron chi connectivity index (χ2n) is 4.95. The summed E-state index contributed by atoms with van der Waals surface area (Å²) in [7, 11) is 0. The molecule has 104 valence electrons. The Kier molecular flexibility index (Phi) is 4.47. The average Bonchev–Trinajstić information content (AvgIpc) is 2.86. The lowest BCUT2D eigenvalue weighted by atomic mass is 9.97. The summed E-state index contributed by atoms with van der Waals surface area (Å²) < 4.78 is 26.4. The molecule has 1 amide bonds. The quantitative estimate of drug-likeness (QED) is 0.879. The predicted molar refractivity (Wildman–Crippen MR) is 66.6 cm³/mol. The fraction of sp³-hybridized carbons (Fsp3) is 0.500. The van der Waals surface area contributed by atoms with Gasteiger partial charge in [-0.25, -0.2) is 8.78 Å². The molecule has 0 heterocycles. The molecule has 1 fully saturated rings. The van der Waals surface area contributed by atoms with Crippen LogP contribution in [0.25, 0.3) is 0 Å². The SMILES string of the molecule is O=C(NCC1CCCC1CO)c1cccc(F)c1F. The largest absolute Gasteiger partial charge is 0.396 e. The van der Waals surface area contributed by atoms with Crippen molar-refractivity contribution in [1.29, 1.82) is 0 Å². The summed E-state index contributed by atoms with van der Waals surface area (Å²) in [6.45, 7) is 0.495. The van der Waals surface area contributed by atoms with E-state index >= 15 is 0 Å². The summed E-state index contributed by atoms with van der Waals surface area (Å²) in [6, 6.07) is 3.54. The van der Waals surface area contributed by atoms with Crippen LogP contribution >= 0.6 is 0 Å². The predicted octanol–water partition coefficient (Wildman–Crippen LogP) is 2.10. The molecule has 0 aliphatic heterocycles. The van der Waals surface area contributed by atoms with Crippen molar-refractivity contribution in [1.82, 2.24) is 5.32 Å². The third-order valence-electron chi connectivity index (χ3n) is 3.77. The van der Waals surface area contributed by atoms with Crippen LogP contribution in [0.15, 0.2) is 18.2 Å². The van der Waals surface area contributed by atoms with Gasteiger partial charge in [-0.1, -0.05) is 12.5 Å². The number of halogens is 2. The van der Waals surface area contributed by atoms with E-state index in [2.05, 4.69) is 5.32 Å². The summed E-state index contributed by atoms with van der Waals surface area (Å²) in [6.07, 6.45) is 2.92. The van der Waals surface area contributed by atoms with Crippen LogP contribution in [0.2, 0.25) is 0 Å². The lowest BCUT2D eigenvalue weighted by Crippen LogP contribution is -2.32. The van der Waals surface area contributed by atoms with Gasteiger partial charge in [-0.2, -0.15) is 0 Å². The van der Waals surface area contributed by atoms with E-state index in [4.69, 9.17) is 0 Å². The van der Waals surface area contributed by atoms with Crippen molar-refractivity contribution >= 4 is 5.91 Å². The molecule has 0 radical (unpaired) electrons. The third-order valence-corrected chi connectivity index (χ3v) is 3.77. The van der Waals surface area contributed by atoms with Crippen LogP contribution in [-0.2, 0) is 0 Å². The molecule has 2 unspecified atom stereocenters. The lowest BCUT2D eigenvalue weighted by molar-refractivity contribution is 0.0932. The van der Waals surface area contributed by atoms with Crippen LogP contribution in [-0.4, -0.2) is 24.2 Å². The third kappa shape index (κ3) is 3.10. The Morgan fingerprint density at radius 2 is 2.05 bits per heavy atom. The molecule has 1 aromatic rings. The number of carbonyl (C=O) groups is 1. The van der Waals surface area contributed by atoms with Gasteiger partial charge in [0.15, 0.2) is 11.6 Å². The van der Waals surface area contributed by atoms with Crippen molar-refractivity contribution in [3.63, 3.8) is 0 Å². The summed E-state index contributed by atoms with van der Waals surface area (Å²) >= 11 is 0. The summed E-state index contributed by atoms with van der Waals surface area (Å²) in [4.78, 5) is 11.8. The summed E-state index contributed by atoms with van der Waals surface area (Å²) in [5.41, 5.74) is -0.279. The average molecular weight is 269 g/mol. The Labute approximate surface area is 110 Å². The van der Waals surface area contributed by atoms with Gasteiger partial charge in [0.1, 0.15) is 0 Å². The Hall–Kier alpha value is -1.49. The van der Waals surface area contributed by atoms with E-state index < -0.39 is 17.5 Å². The van der Waals surface area contributed by atoms with E-state index in [1.165, 1.54) is 12.1 Å². The monoisotopic (exact) mass is 269 g/mol. The maximum absolute atomic E-state index is 13.4. The maximum atomic E-state index is 13.4. The summed E-state index contributed by atoms with van der Waals surface area (Å²) in [5, 5.41) is 11.8. The van der Waals surface area contributed by atoms with Gasteiger partial charge in [0.2, 0.25) is 0 Å². The first-order chi connectivity index (χ1) is 9.13. The Balaban J connectivity index is 1.96. The molecule has 3 nitrogen and oxygen atoms in total. The van der Waals surface area contributed by atoms with Crippen LogP contribution in [0.4, 0.5) is 8.78 Å². The van der Waals surface area contributed by atoms with Gasteiger partial charge in [0.05, 0.1) is 5.56 Å². The van der Waals surface area contributed by atoms with Crippen LogP contribution < -0.4 is 5.32 Å². The molecule has 0 saturated heterocycles. The van der Waals surface area contributed by atoms with Gasteiger partial charge in [-0.15, -0.1) is 0 Å². The van der Waals surface area contributed by atoms with Crippen LogP contribution in [0.3, 0.4) is 0 Å². The van der Waals surface area contributed by atoms with Gasteiger partial charge in [0.25, 0.3) is 5.91 Å². The number of hydrogen-bond donors (Lipinski definition) is 2. The Morgan fingerprint density at radius 1 is 1.32 bits per heavy atom. The highest BCUT2D eigenvalue weighted by molar-refractivity contribution is 5.94. The topological polar surface area (TPSA) is 49.3 Å². The smallest absolute Gasteiger partial charge is 0.254 e. The van der Waals surface area contributed by atoms with E-state index in [1.807, 2.05) is 0 Å². The van der Waals surface area contributed by atoms with Crippen molar-refractivity contribution in [3.8, 4) is 0 Å². The number of nitrogens with one attached hydrogen (secondary N) is 1. The van der Waals surface area contributed by atoms with Crippen molar-refractivity contribution in [3.05, 3.63) is 35.4 Å². The van der Waals surface area contributed by atoms with Crippen molar-refractivity contribution in [2.24, 2.45) is 11.8 Å². The van der Waals surface area contributed by atoms with Crippen molar-refractivity contribution < 1.29 is 18.7 Å². The number of rotatable bonds is 4. The number of carbonyl (C=O) groups excluding carboxylic acids is 1. The van der Waals surface area contributed by atoms with Gasteiger partial charge >= 0.3 is 0 Å². The van der Waals surface area contributed by atoms with Crippen LogP contribution in [0.5, 0.6) is 0 Å². The van der Waals surface area contributed by atoms with Crippen LogP contribution in [0.1, 0.15) is 29.6 Å². The molecule has 19 heavy (non-hydrogen) atoms. The first-order valence-electron chi connectivity index (χ1n) is 6.46. The second-order valence-corrected chi connectivity index (χ2v) is 4.95. The molecule has 2 atom stereocenters. The summed E-state index contributed by atoms with van der Waals surface area (Å²) in [5.74, 6) is -2.35. The molecule has 1 saturated carbocycles. The maximum Gasteiger partial charge on any atom is 0.254 e.